The maximum absolute atomic E-state index is 12.8. The van der Waals surface area contributed by atoms with Gasteiger partial charge in [0.15, 0.2) is 0 Å². The van der Waals surface area contributed by atoms with E-state index in [1.54, 1.807) is 12.1 Å². The summed E-state index contributed by atoms with van der Waals surface area (Å²) >= 11 is 0. The lowest BCUT2D eigenvalue weighted by Gasteiger charge is -2.28. The first kappa shape index (κ1) is 12.0. The Balaban J connectivity index is 1.67. The molecule has 1 aromatic carbocycles. The SMILES string of the molecule is O=C(Cc1ccc(F)cc1)N1CCn2cccc2C1. The highest BCUT2D eigenvalue weighted by Gasteiger charge is 2.19. The van der Waals surface area contributed by atoms with Gasteiger partial charge in [0.25, 0.3) is 0 Å². The highest BCUT2D eigenvalue weighted by atomic mass is 19.1. The van der Waals surface area contributed by atoms with Crippen LogP contribution in [0.4, 0.5) is 4.39 Å². The number of nitrogens with zero attached hydrogens (tertiary/aromatic N) is 2. The van der Waals surface area contributed by atoms with Crippen LogP contribution in [0.5, 0.6) is 0 Å². The zero-order valence-corrected chi connectivity index (χ0v) is 10.6. The summed E-state index contributed by atoms with van der Waals surface area (Å²) in [5.74, 6) is -0.175. The minimum atomic E-state index is -0.271. The van der Waals surface area contributed by atoms with Crippen molar-refractivity contribution < 1.29 is 9.18 Å². The van der Waals surface area contributed by atoms with E-state index in [1.165, 1.54) is 17.8 Å². The third kappa shape index (κ3) is 2.52. The number of hydrogen-bond acceptors (Lipinski definition) is 1. The Kier molecular flexibility index (Phi) is 3.07. The molecule has 1 aliphatic heterocycles. The number of benzene rings is 1. The summed E-state index contributed by atoms with van der Waals surface area (Å²) < 4.78 is 15.0. The Bertz CT molecular complexity index is 588. The molecule has 2 heterocycles. The summed E-state index contributed by atoms with van der Waals surface area (Å²) in [5, 5.41) is 0. The van der Waals surface area contributed by atoms with Gasteiger partial charge < -0.3 is 9.47 Å². The first-order chi connectivity index (χ1) is 9.22. The molecule has 0 bridgehead atoms. The minimum absolute atomic E-state index is 0.0964. The molecule has 3 rings (SSSR count). The van der Waals surface area contributed by atoms with Gasteiger partial charge in [-0.25, -0.2) is 4.39 Å². The third-order valence-electron chi connectivity index (χ3n) is 3.51. The lowest BCUT2D eigenvalue weighted by Crippen LogP contribution is -2.38. The molecule has 0 unspecified atom stereocenters. The Morgan fingerprint density at radius 1 is 1.16 bits per heavy atom. The van der Waals surface area contributed by atoms with Crippen LogP contribution in [0.2, 0.25) is 0 Å². The molecular formula is C15H15FN2O. The van der Waals surface area contributed by atoms with Crippen molar-refractivity contribution in [3.63, 3.8) is 0 Å². The van der Waals surface area contributed by atoms with Crippen LogP contribution in [0.25, 0.3) is 0 Å². The molecule has 0 atom stereocenters. The van der Waals surface area contributed by atoms with Gasteiger partial charge in [-0.05, 0) is 29.8 Å². The topological polar surface area (TPSA) is 25.2 Å². The molecule has 0 fully saturated rings. The second-order valence-electron chi connectivity index (χ2n) is 4.81. The normalized spacial score (nSPS) is 14.3. The number of fused-ring (bicyclic) bond motifs is 1. The molecule has 0 saturated carbocycles. The van der Waals surface area contributed by atoms with Crippen LogP contribution in [0.15, 0.2) is 42.6 Å². The standard InChI is InChI=1S/C15H15FN2O/c16-13-5-3-12(4-6-13)10-15(19)18-9-8-17-7-1-2-14(17)11-18/h1-7H,8-11H2. The molecule has 0 aliphatic carbocycles. The molecule has 0 N–H and O–H groups in total. The van der Waals surface area contributed by atoms with Gasteiger partial charge in [0.1, 0.15) is 5.82 Å². The predicted octanol–water partition coefficient (Wildman–Crippen LogP) is 2.21. The Hall–Kier alpha value is -2.10. The maximum atomic E-state index is 12.8. The molecular weight excluding hydrogens is 243 g/mol. The van der Waals surface area contributed by atoms with Crippen molar-refractivity contribution in [3.05, 3.63) is 59.7 Å². The number of halogens is 1. The molecule has 0 radical (unpaired) electrons. The molecule has 98 valence electrons. The quantitative estimate of drug-likeness (QED) is 0.810. The summed E-state index contributed by atoms with van der Waals surface area (Å²) in [7, 11) is 0. The lowest BCUT2D eigenvalue weighted by atomic mass is 10.1. The van der Waals surface area contributed by atoms with Gasteiger partial charge in [0.05, 0.1) is 13.0 Å². The highest BCUT2D eigenvalue weighted by molar-refractivity contribution is 5.78. The zero-order chi connectivity index (χ0) is 13.2. The van der Waals surface area contributed by atoms with Crippen LogP contribution in [-0.2, 0) is 24.3 Å². The van der Waals surface area contributed by atoms with E-state index in [1.807, 2.05) is 23.2 Å². The zero-order valence-electron chi connectivity index (χ0n) is 10.6. The van der Waals surface area contributed by atoms with E-state index in [0.29, 0.717) is 13.0 Å². The van der Waals surface area contributed by atoms with E-state index in [9.17, 15) is 9.18 Å². The van der Waals surface area contributed by atoms with Crippen LogP contribution in [-0.4, -0.2) is 21.9 Å². The van der Waals surface area contributed by atoms with Crippen LogP contribution in [0.1, 0.15) is 11.3 Å². The van der Waals surface area contributed by atoms with Gasteiger partial charge in [-0.3, -0.25) is 4.79 Å². The number of carbonyl (C=O) groups is 1. The van der Waals surface area contributed by atoms with Gasteiger partial charge in [-0.2, -0.15) is 0 Å². The van der Waals surface area contributed by atoms with Gasteiger partial charge in [0.2, 0.25) is 5.91 Å². The van der Waals surface area contributed by atoms with Crippen LogP contribution >= 0.6 is 0 Å². The van der Waals surface area contributed by atoms with Crippen molar-refractivity contribution >= 4 is 5.91 Å². The van der Waals surface area contributed by atoms with E-state index < -0.39 is 0 Å². The van der Waals surface area contributed by atoms with Gasteiger partial charge in [-0.15, -0.1) is 0 Å². The summed E-state index contributed by atoms with van der Waals surface area (Å²) in [5.41, 5.74) is 2.02. The fourth-order valence-electron chi connectivity index (χ4n) is 2.42. The average molecular weight is 258 g/mol. The number of carbonyl (C=O) groups excluding carboxylic acids is 1. The summed E-state index contributed by atoms with van der Waals surface area (Å²) in [4.78, 5) is 14.1. The van der Waals surface area contributed by atoms with Gasteiger partial charge in [-0.1, -0.05) is 12.1 Å². The van der Waals surface area contributed by atoms with Crippen LogP contribution < -0.4 is 0 Å². The highest BCUT2D eigenvalue weighted by Crippen LogP contribution is 2.14. The van der Waals surface area contributed by atoms with Crippen molar-refractivity contribution in [2.45, 2.75) is 19.5 Å². The first-order valence-electron chi connectivity index (χ1n) is 6.38. The van der Waals surface area contributed by atoms with Crippen molar-refractivity contribution in [3.8, 4) is 0 Å². The molecule has 19 heavy (non-hydrogen) atoms. The number of amides is 1. The second kappa shape index (κ2) is 4.88. The second-order valence-corrected chi connectivity index (χ2v) is 4.81. The monoisotopic (exact) mass is 258 g/mol. The molecule has 4 heteroatoms. The lowest BCUT2D eigenvalue weighted by molar-refractivity contribution is -0.131. The average Bonchev–Trinajstić information content (AvgIpc) is 2.88. The number of hydrogen-bond donors (Lipinski definition) is 0. The van der Waals surface area contributed by atoms with Crippen LogP contribution in [0, 0.1) is 5.82 Å². The smallest absolute Gasteiger partial charge is 0.227 e. The van der Waals surface area contributed by atoms with E-state index in [4.69, 9.17) is 0 Å². The number of aromatic nitrogens is 1. The largest absolute Gasteiger partial charge is 0.348 e. The van der Waals surface area contributed by atoms with Gasteiger partial charge in [0, 0.05) is 25.0 Å². The van der Waals surface area contributed by atoms with Crippen molar-refractivity contribution in [2.24, 2.45) is 0 Å². The third-order valence-corrected chi connectivity index (χ3v) is 3.51. The summed E-state index contributed by atoms with van der Waals surface area (Å²) in [6.45, 7) is 2.24. The van der Waals surface area contributed by atoms with E-state index in [2.05, 4.69) is 4.57 Å². The van der Waals surface area contributed by atoms with Crippen molar-refractivity contribution in [1.82, 2.24) is 9.47 Å². The Labute approximate surface area is 111 Å². The maximum Gasteiger partial charge on any atom is 0.227 e. The van der Waals surface area contributed by atoms with E-state index in [-0.39, 0.29) is 11.7 Å². The summed E-state index contributed by atoms with van der Waals surface area (Å²) in [6, 6.07) is 10.2. The van der Waals surface area contributed by atoms with Crippen molar-refractivity contribution in [2.75, 3.05) is 6.54 Å². The van der Waals surface area contributed by atoms with Crippen molar-refractivity contribution in [1.29, 1.82) is 0 Å². The molecule has 0 spiro atoms. The first-order valence-corrected chi connectivity index (χ1v) is 6.38. The molecule has 3 nitrogen and oxygen atoms in total. The fourth-order valence-corrected chi connectivity index (χ4v) is 2.42. The molecule has 2 aromatic rings. The molecule has 0 saturated heterocycles. The Morgan fingerprint density at radius 2 is 1.95 bits per heavy atom. The molecule has 1 amide bonds. The molecule has 1 aromatic heterocycles. The number of rotatable bonds is 2. The predicted molar refractivity (Wildman–Crippen MR) is 70.0 cm³/mol. The molecule has 1 aliphatic rings. The van der Waals surface area contributed by atoms with Crippen LogP contribution in [0.3, 0.4) is 0 Å². The van der Waals surface area contributed by atoms with Gasteiger partial charge >= 0.3 is 0 Å². The Morgan fingerprint density at radius 3 is 2.74 bits per heavy atom. The van der Waals surface area contributed by atoms with E-state index in [0.717, 1.165) is 18.7 Å². The summed E-state index contributed by atoms with van der Waals surface area (Å²) in [6.07, 6.45) is 2.37. The van der Waals surface area contributed by atoms with E-state index >= 15 is 0 Å². The minimum Gasteiger partial charge on any atom is -0.348 e. The fraction of sp³-hybridized carbons (Fsp3) is 0.267.